The van der Waals surface area contributed by atoms with Crippen LogP contribution in [0.3, 0.4) is 0 Å². The van der Waals surface area contributed by atoms with Gasteiger partial charge in [-0.05, 0) is 24.1 Å². The minimum Gasteiger partial charge on any atom is -0.290 e. The van der Waals surface area contributed by atoms with E-state index in [1.807, 2.05) is 19.9 Å². The predicted octanol–water partition coefficient (Wildman–Crippen LogP) is 2.56. The van der Waals surface area contributed by atoms with Gasteiger partial charge in [-0.1, -0.05) is 13.8 Å². The van der Waals surface area contributed by atoms with Crippen molar-refractivity contribution < 1.29 is 9.18 Å². The highest BCUT2D eigenvalue weighted by atomic mass is 19.1. The first-order chi connectivity index (χ1) is 9.52. The fourth-order valence-electron chi connectivity index (χ4n) is 1.72. The molecule has 5 nitrogen and oxygen atoms in total. The van der Waals surface area contributed by atoms with E-state index >= 15 is 0 Å². The van der Waals surface area contributed by atoms with Crippen molar-refractivity contribution in [2.24, 2.45) is 0 Å². The zero-order valence-electron chi connectivity index (χ0n) is 11.1. The first kappa shape index (κ1) is 13.9. The van der Waals surface area contributed by atoms with E-state index in [1.165, 1.54) is 12.1 Å². The van der Waals surface area contributed by atoms with E-state index in [9.17, 15) is 9.18 Å². The van der Waals surface area contributed by atoms with E-state index in [4.69, 9.17) is 5.26 Å². The number of carbonyl (C=O) groups is 1. The molecule has 2 aromatic rings. The van der Waals surface area contributed by atoms with Gasteiger partial charge in [0.05, 0.1) is 18.0 Å². The lowest BCUT2D eigenvalue weighted by atomic mass is 9.98. The summed E-state index contributed by atoms with van der Waals surface area (Å²) in [5.74, 6) is -1.85. The molecule has 0 saturated carbocycles. The highest BCUT2D eigenvalue weighted by molar-refractivity contribution is 6.01. The third-order valence-electron chi connectivity index (χ3n) is 2.91. The fourth-order valence-corrected chi connectivity index (χ4v) is 1.72. The molecule has 0 aliphatic carbocycles. The third kappa shape index (κ3) is 2.72. The first-order valence-corrected chi connectivity index (χ1v) is 6.13. The molecule has 0 aliphatic rings. The quantitative estimate of drug-likeness (QED) is 0.867. The number of hydrogen-bond acceptors (Lipinski definition) is 4. The van der Waals surface area contributed by atoms with Gasteiger partial charge in [0.2, 0.25) is 5.78 Å². The summed E-state index contributed by atoms with van der Waals surface area (Å²) < 4.78 is 12.8. The molecule has 0 aromatic carbocycles. The lowest BCUT2D eigenvalue weighted by Crippen LogP contribution is -2.13. The van der Waals surface area contributed by atoms with Crippen LogP contribution < -0.4 is 0 Å². The van der Waals surface area contributed by atoms with Gasteiger partial charge in [0.15, 0.2) is 5.92 Å². The van der Waals surface area contributed by atoms with Crippen molar-refractivity contribution in [1.29, 1.82) is 5.26 Å². The molecule has 0 bridgehead atoms. The lowest BCUT2D eigenvalue weighted by Gasteiger charge is -2.05. The number of nitrogens with one attached hydrogen (secondary N) is 1. The van der Waals surface area contributed by atoms with Gasteiger partial charge in [0.1, 0.15) is 11.5 Å². The Kier molecular flexibility index (Phi) is 3.89. The van der Waals surface area contributed by atoms with Gasteiger partial charge in [-0.3, -0.25) is 14.9 Å². The molecule has 1 N–H and O–H groups in total. The number of nitrogens with zero attached hydrogens (tertiary/aromatic N) is 3. The van der Waals surface area contributed by atoms with Crippen molar-refractivity contribution in [2.45, 2.75) is 25.7 Å². The van der Waals surface area contributed by atoms with Crippen LogP contribution in [0.15, 0.2) is 24.4 Å². The van der Waals surface area contributed by atoms with Gasteiger partial charge in [-0.2, -0.15) is 10.4 Å². The van der Waals surface area contributed by atoms with Gasteiger partial charge in [-0.25, -0.2) is 4.39 Å². The van der Waals surface area contributed by atoms with Crippen molar-refractivity contribution in [1.82, 2.24) is 15.2 Å². The summed E-state index contributed by atoms with van der Waals surface area (Å²) in [6, 6.07) is 6.01. The molecule has 20 heavy (non-hydrogen) atoms. The van der Waals surface area contributed by atoms with Crippen molar-refractivity contribution in [3.63, 3.8) is 0 Å². The number of nitriles is 1. The van der Waals surface area contributed by atoms with Gasteiger partial charge in [0.25, 0.3) is 0 Å². The van der Waals surface area contributed by atoms with Crippen LogP contribution in [0.5, 0.6) is 0 Å². The molecule has 2 rings (SSSR count). The first-order valence-electron chi connectivity index (χ1n) is 6.13. The molecule has 1 atom stereocenters. The monoisotopic (exact) mass is 272 g/mol. The molecule has 0 aliphatic heterocycles. The number of rotatable bonds is 4. The molecular formula is C14H13FN4O. The van der Waals surface area contributed by atoms with Gasteiger partial charge in [0, 0.05) is 5.69 Å². The zero-order chi connectivity index (χ0) is 14.7. The summed E-state index contributed by atoms with van der Waals surface area (Å²) in [6.45, 7) is 3.93. The van der Waals surface area contributed by atoms with Gasteiger partial charge in [-0.15, -0.1) is 0 Å². The molecule has 2 aromatic heterocycles. The van der Waals surface area contributed by atoms with Crippen LogP contribution >= 0.6 is 0 Å². The van der Waals surface area contributed by atoms with Crippen LogP contribution in [0.1, 0.15) is 47.6 Å². The average molecular weight is 272 g/mol. The zero-order valence-corrected chi connectivity index (χ0v) is 11.1. The molecular weight excluding hydrogens is 259 g/mol. The highest BCUT2D eigenvalue weighted by Crippen LogP contribution is 2.20. The Balaban J connectivity index is 2.29. The van der Waals surface area contributed by atoms with Crippen LogP contribution in [0.2, 0.25) is 0 Å². The SMILES string of the molecule is CC(C)c1cc(C(=O)[C@H](C#N)c2ccc(F)cn2)n[nH]1. The van der Waals surface area contributed by atoms with E-state index in [1.54, 1.807) is 6.07 Å². The Bertz CT molecular complexity index is 655. The Hall–Kier alpha value is -2.55. The molecule has 0 amide bonds. The number of H-pyrrole nitrogens is 1. The number of aromatic amines is 1. The van der Waals surface area contributed by atoms with E-state index < -0.39 is 17.5 Å². The summed E-state index contributed by atoms with van der Waals surface area (Å²) in [6.07, 6.45) is 0.983. The van der Waals surface area contributed by atoms with E-state index in [2.05, 4.69) is 15.2 Å². The van der Waals surface area contributed by atoms with Gasteiger partial charge < -0.3 is 0 Å². The topological polar surface area (TPSA) is 82.4 Å². The Morgan fingerprint density at radius 2 is 2.20 bits per heavy atom. The van der Waals surface area contributed by atoms with E-state index in [0.29, 0.717) is 0 Å². The number of pyridine rings is 1. The summed E-state index contributed by atoms with van der Waals surface area (Å²) in [5, 5.41) is 15.8. The number of aromatic nitrogens is 3. The molecule has 0 unspecified atom stereocenters. The number of ketones is 1. The maximum absolute atomic E-state index is 12.8. The minimum atomic E-state index is -1.08. The average Bonchev–Trinajstić information content (AvgIpc) is 2.91. The second kappa shape index (κ2) is 5.61. The summed E-state index contributed by atoms with van der Waals surface area (Å²) in [4.78, 5) is 16.0. The largest absolute Gasteiger partial charge is 0.290 e. The van der Waals surface area contributed by atoms with Crippen LogP contribution in [-0.2, 0) is 0 Å². The van der Waals surface area contributed by atoms with Crippen molar-refractivity contribution in [3.05, 3.63) is 47.3 Å². The smallest absolute Gasteiger partial charge is 0.206 e. The molecule has 0 saturated heterocycles. The van der Waals surface area contributed by atoms with Crippen LogP contribution in [0.25, 0.3) is 0 Å². The molecule has 0 fully saturated rings. The fraction of sp³-hybridized carbons (Fsp3) is 0.286. The molecule has 0 radical (unpaired) electrons. The molecule has 0 spiro atoms. The highest BCUT2D eigenvalue weighted by Gasteiger charge is 2.25. The Labute approximate surface area is 115 Å². The summed E-state index contributed by atoms with van der Waals surface area (Å²) in [7, 11) is 0. The lowest BCUT2D eigenvalue weighted by molar-refractivity contribution is 0.0972. The van der Waals surface area contributed by atoms with Crippen LogP contribution in [0, 0.1) is 17.1 Å². The standard InChI is InChI=1S/C14H13FN4O/c1-8(2)12-5-13(19-18-12)14(20)10(6-16)11-4-3-9(15)7-17-11/h3-5,7-8,10H,1-2H3,(H,18,19)/t10-/m1/s1. The van der Waals surface area contributed by atoms with E-state index in [0.717, 1.165) is 11.9 Å². The molecule has 102 valence electrons. The molecule has 2 heterocycles. The predicted molar refractivity (Wildman–Crippen MR) is 69.6 cm³/mol. The number of hydrogen-bond donors (Lipinski definition) is 1. The number of Topliss-reactive ketones (excluding diaryl/α,β-unsaturated/α-hetero) is 1. The van der Waals surface area contributed by atoms with Crippen molar-refractivity contribution in [3.8, 4) is 6.07 Å². The minimum absolute atomic E-state index is 0.186. The third-order valence-corrected chi connectivity index (χ3v) is 2.91. The normalized spacial score (nSPS) is 12.2. The number of carbonyl (C=O) groups excluding carboxylic acids is 1. The van der Waals surface area contributed by atoms with Crippen LogP contribution in [-0.4, -0.2) is 21.0 Å². The van der Waals surface area contributed by atoms with Crippen molar-refractivity contribution >= 4 is 5.78 Å². The molecule has 6 heteroatoms. The van der Waals surface area contributed by atoms with Crippen LogP contribution in [0.4, 0.5) is 4.39 Å². The second-order valence-corrected chi connectivity index (χ2v) is 4.69. The maximum Gasteiger partial charge on any atom is 0.206 e. The summed E-state index contributed by atoms with van der Waals surface area (Å²) >= 11 is 0. The summed E-state index contributed by atoms with van der Waals surface area (Å²) in [5.41, 5.74) is 1.22. The maximum atomic E-state index is 12.8. The number of halogens is 1. The Morgan fingerprint density at radius 1 is 1.45 bits per heavy atom. The van der Waals surface area contributed by atoms with E-state index in [-0.39, 0.29) is 17.3 Å². The second-order valence-electron chi connectivity index (χ2n) is 4.69. The van der Waals surface area contributed by atoms with Gasteiger partial charge >= 0.3 is 0 Å². The van der Waals surface area contributed by atoms with Crippen molar-refractivity contribution in [2.75, 3.05) is 0 Å². The Morgan fingerprint density at radius 3 is 2.70 bits per heavy atom.